The van der Waals surface area contributed by atoms with Crippen molar-refractivity contribution in [3.05, 3.63) is 65.7 Å². The van der Waals surface area contributed by atoms with Gasteiger partial charge in [-0.1, -0.05) is 42.5 Å². The first-order valence-electron chi connectivity index (χ1n) is 7.35. The maximum absolute atomic E-state index is 12.5. The second-order valence-corrected chi connectivity index (χ2v) is 4.83. The number of carbonyl (C=O) groups excluding carboxylic acids is 1. The zero-order chi connectivity index (χ0) is 18.1. The van der Waals surface area contributed by atoms with Crippen molar-refractivity contribution in [2.24, 2.45) is 0 Å². The molecule has 0 saturated carbocycles. The highest BCUT2D eigenvalue weighted by atomic mass is 19.3. The lowest BCUT2D eigenvalue weighted by Crippen LogP contribution is -2.21. The fraction of sp³-hybridized carbons (Fsp3) is 0.167. The normalized spacial score (nSPS) is 10.9. The van der Waals surface area contributed by atoms with Crippen LogP contribution in [0.2, 0.25) is 0 Å². The van der Waals surface area contributed by atoms with Crippen molar-refractivity contribution >= 4 is 12.0 Å². The number of hydroxylamine groups is 1. The smallest absolute Gasteiger partial charge is 0.387 e. The average Bonchev–Trinajstić information content (AvgIpc) is 2.61. The molecule has 2 aromatic rings. The van der Waals surface area contributed by atoms with Gasteiger partial charge in [-0.15, -0.1) is 0 Å². The van der Waals surface area contributed by atoms with Gasteiger partial charge < -0.3 is 9.47 Å². The fourth-order valence-corrected chi connectivity index (χ4v) is 2.00. The van der Waals surface area contributed by atoms with E-state index in [0.717, 1.165) is 11.6 Å². The van der Waals surface area contributed by atoms with Gasteiger partial charge in [0.05, 0.1) is 13.7 Å². The minimum absolute atomic E-state index is 0.142. The van der Waals surface area contributed by atoms with E-state index in [4.69, 9.17) is 9.57 Å². The van der Waals surface area contributed by atoms with Crippen molar-refractivity contribution in [1.82, 2.24) is 5.48 Å². The minimum Gasteiger partial charge on any atom is -0.493 e. The summed E-state index contributed by atoms with van der Waals surface area (Å²) in [5, 5.41) is 0. The van der Waals surface area contributed by atoms with Gasteiger partial charge in [0.15, 0.2) is 11.5 Å². The van der Waals surface area contributed by atoms with Gasteiger partial charge >= 0.3 is 6.61 Å². The van der Waals surface area contributed by atoms with E-state index in [-0.39, 0.29) is 23.7 Å². The van der Waals surface area contributed by atoms with Gasteiger partial charge in [0.2, 0.25) is 0 Å². The Balaban J connectivity index is 1.97. The number of amides is 1. The highest BCUT2D eigenvalue weighted by molar-refractivity contribution is 5.91. The molecule has 0 radical (unpaired) electrons. The van der Waals surface area contributed by atoms with Gasteiger partial charge in [0.25, 0.3) is 5.91 Å². The predicted molar refractivity (Wildman–Crippen MR) is 88.0 cm³/mol. The van der Waals surface area contributed by atoms with Crippen molar-refractivity contribution in [3.8, 4) is 11.5 Å². The summed E-state index contributed by atoms with van der Waals surface area (Å²) in [6, 6.07) is 13.9. The van der Waals surface area contributed by atoms with Crippen LogP contribution in [-0.4, -0.2) is 19.6 Å². The minimum atomic E-state index is -3.01. The molecule has 0 unspecified atom stereocenters. The zero-order valence-electron chi connectivity index (χ0n) is 13.4. The third-order valence-corrected chi connectivity index (χ3v) is 3.10. The molecular formula is C18H17F2NO4. The lowest BCUT2D eigenvalue weighted by Gasteiger charge is -2.12. The zero-order valence-corrected chi connectivity index (χ0v) is 13.4. The van der Waals surface area contributed by atoms with E-state index in [1.54, 1.807) is 6.07 Å². The number of rotatable bonds is 8. The van der Waals surface area contributed by atoms with E-state index in [0.29, 0.717) is 0 Å². The molecule has 2 aromatic carbocycles. The van der Waals surface area contributed by atoms with Crippen LogP contribution >= 0.6 is 0 Å². The Morgan fingerprint density at radius 1 is 1.16 bits per heavy atom. The highest BCUT2D eigenvalue weighted by Gasteiger charge is 2.13. The maximum atomic E-state index is 12.5. The summed E-state index contributed by atoms with van der Waals surface area (Å²) in [5.74, 6) is -0.542. The van der Waals surface area contributed by atoms with Crippen molar-refractivity contribution in [3.63, 3.8) is 0 Å². The van der Waals surface area contributed by atoms with E-state index < -0.39 is 12.5 Å². The van der Waals surface area contributed by atoms with Crippen molar-refractivity contribution in [2.45, 2.75) is 13.2 Å². The lowest BCUT2D eigenvalue weighted by atomic mass is 10.1. The summed E-state index contributed by atoms with van der Waals surface area (Å²) in [7, 11) is 1.34. The standard InChI is InChI=1S/C18H17F2NO4/c1-23-15-9-5-8-14(17(15)25-18(19)20)10-11-16(22)21-24-12-13-6-3-2-4-7-13/h2-11,18H,12H2,1H3,(H,21,22)/b11-10+. The number of para-hydroxylation sites is 1. The second kappa shape index (κ2) is 9.39. The number of benzene rings is 2. The summed E-state index contributed by atoms with van der Waals surface area (Å²) in [5.41, 5.74) is 3.42. The number of carbonyl (C=O) groups is 1. The average molecular weight is 349 g/mol. The molecule has 132 valence electrons. The Labute approximate surface area is 143 Å². The molecule has 7 heteroatoms. The summed E-state index contributed by atoms with van der Waals surface area (Å²) in [6.07, 6.45) is 2.49. The molecule has 2 rings (SSSR count). The van der Waals surface area contributed by atoms with Crippen molar-refractivity contribution < 1.29 is 27.9 Å². The third kappa shape index (κ3) is 5.89. The first-order valence-corrected chi connectivity index (χ1v) is 7.35. The number of nitrogens with one attached hydrogen (secondary N) is 1. The largest absolute Gasteiger partial charge is 0.493 e. The lowest BCUT2D eigenvalue weighted by molar-refractivity contribution is -0.129. The van der Waals surface area contributed by atoms with Gasteiger partial charge in [-0.3, -0.25) is 9.63 Å². The number of hydrogen-bond acceptors (Lipinski definition) is 4. The molecule has 1 N–H and O–H groups in total. The van der Waals surface area contributed by atoms with Gasteiger partial charge in [0, 0.05) is 11.6 Å². The van der Waals surface area contributed by atoms with E-state index in [1.807, 2.05) is 30.3 Å². The maximum Gasteiger partial charge on any atom is 0.387 e. The van der Waals surface area contributed by atoms with E-state index in [9.17, 15) is 13.6 Å². The van der Waals surface area contributed by atoms with Crippen LogP contribution in [0.1, 0.15) is 11.1 Å². The molecular weight excluding hydrogens is 332 g/mol. The third-order valence-electron chi connectivity index (χ3n) is 3.10. The Morgan fingerprint density at radius 3 is 2.60 bits per heavy atom. The monoisotopic (exact) mass is 349 g/mol. The number of ether oxygens (including phenoxy) is 2. The van der Waals surface area contributed by atoms with Gasteiger partial charge in [-0.25, -0.2) is 5.48 Å². The summed E-state index contributed by atoms with van der Waals surface area (Å²) >= 11 is 0. The quantitative estimate of drug-likeness (QED) is 0.585. The van der Waals surface area contributed by atoms with E-state index in [2.05, 4.69) is 10.2 Å². The van der Waals surface area contributed by atoms with Crippen LogP contribution in [0.5, 0.6) is 11.5 Å². The molecule has 0 fully saturated rings. The van der Waals surface area contributed by atoms with Crippen LogP contribution in [0, 0.1) is 0 Å². The molecule has 0 aromatic heterocycles. The molecule has 0 bridgehead atoms. The molecule has 0 atom stereocenters. The van der Waals surface area contributed by atoms with Crippen molar-refractivity contribution in [1.29, 1.82) is 0 Å². The van der Waals surface area contributed by atoms with Crippen molar-refractivity contribution in [2.75, 3.05) is 7.11 Å². The molecule has 0 saturated heterocycles. The van der Waals surface area contributed by atoms with Crippen LogP contribution < -0.4 is 15.0 Å². The van der Waals surface area contributed by atoms with Gasteiger partial charge in [-0.2, -0.15) is 8.78 Å². The molecule has 25 heavy (non-hydrogen) atoms. The van der Waals surface area contributed by atoms with E-state index in [1.165, 1.54) is 25.3 Å². The predicted octanol–water partition coefficient (Wildman–Crippen LogP) is 3.56. The topological polar surface area (TPSA) is 56.8 Å². The number of hydrogen-bond donors (Lipinski definition) is 1. The second-order valence-electron chi connectivity index (χ2n) is 4.83. The first kappa shape index (κ1) is 18.4. The molecule has 0 aliphatic carbocycles. The molecule has 5 nitrogen and oxygen atoms in total. The molecule has 0 aliphatic heterocycles. The van der Waals surface area contributed by atoms with Gasteiger partial charge in [0.1, 0.15) is 0 Å². The number of halogens is 2. The summed E-state index contributed by atoms with van der Waals surface area (Å²) in [4.78, 5) is 16.8. The first-order chi connectivity index (χ1) is 12.1. The summed E-state index contributed by atoms with van der Waals surface area (Å²) in [6.45, 7) is -2.80. The Morgan fingerprint density at radius 2 is 1.92 bits per heavy atom. The fourth-order valence-electron chi connectivity index (χ4n) is 2.00. The molecule has 0 heterocycles. The van der Waals surface area contributed by atoms with Crippen LogP contribution in [0.4, 0.5) is 8.78 Å². The Bertz CT molecular complexity index is 720. The van der Waals surface area contributed by atoms with Crippen LogP contribution in [0.3, 0.4) is 0 Å². The van der Waals surface area contributed by atoms with Crippen LogP contribution in [-0.2, 0) is 16.2 Å². The Kier molecular flexibility index (Phi) is 6.91. The molecule has 1 amide bonds. The van der Waals surface area contributed by atoms with Crippen LogP contribution in [0.25, 0.3) is 6.08 Å². The number of methoxy groups -OCH3 is 1. The van der Waals surface area contributed by atoms with Gasteiger partial charge in [-0.05, 0) is 17.7 Å². The van der Waals surface area contributed by atoms with E-state index >= 15 is 0 Å². The highest BCUT2D eigenvalue weighted by Crippen LogP contribution is 2.33. The number of alkyl halides is 2. The molecule has 0 aliphatic rings. The Hall–Kier alpha value is -2.93. The molecule has 0 spiro atoms. The summed E-state index contributed by atoms with van der Waals surface area (Å²) < 4.78 is 34.5. The SMILES string of the molecule is COc1cccc(/C=C/C(=O)NOCc2ccccc2)c1OC(F)F. The van der Waals surface area contributed by atoms with Crippen LogP contribution in [0.15, 0.2) is 54.6 Å².